The molecule has 1 amide bonds. The number of sulfonamides is 1. The van der Waals surface area contributed by atoms with Crippen molar-refractivity contribution >= 4 is 27.3 Å². The van der Waals surface area contributed by atoms with Gasteiger partial charge in [0, 0.05) is 18.4 Å². The minimum Gasteiger partial charge on any atom is -0.389 e. The number of carbonyl (C=O) groups is 1. The molecule has 1 aromatic rings. The second-order valence-electron chi connectivity index (χ2n) is 5.95. The lowest BCUT2D eigenvalue weighted by Crippen LogP contribution is -2.30. The van der Waals surface area contributed by atoms with Crippen LogP contribution in [0.25, 0.3) is 0 Å². The predicted molar refractivity (Wildman–Crippen MR) is 101 cm³/mol. The Morgan fingerprint density at radius 2 is 1.96 bits per heavy atom. The lowest BCUT2D eigenvalue weighted by atomic mass is 10.0. The number of nitrogens with two attached hydrogens (primary N) is 1. The molecule has 138 valence electrons. The van der Waals surface area contributed by atoms with Crippen LogP contribution >= 0.6 is 0 Å². The lowest BCUT2D eigenvalue weighted by Gasteiger charge is -2.19. The Labute approximate surface area is 152 Å². The molecule has 4 N–H and O–H groups in total. The topological polar surface area (TPSA) is 125 Å². The Balaban J connectivity index is 2.29. The molecule has 7 nitrogen and oxygen atoms in total. The molecule has 1 aromatic carbocycles. The summed E-state index contributed by atoms with van der Waals surface area (Å²) in [5.74, 6) is -0.402. The monoisotopic (exact) mass is 375 g/mol. The maximum atomic E-state index is 12.8. The number of allylic oxidation sites excluding steroid dienone is 3. The van der Waals surface area contributed by atoms with Gasteiger partial charge < -0.3 is 15.4 Å². The Morgan fingerprint density at radius 1 is 1.35 bits per heavy atom. The SMILES string of the molecule is CC(=N)/C(=C\C1=CCC(O)C=C1)C(=O)N(C)c1ccc(S(N)(=O)=O)cc1. The summed E-state index contributed by atoms with van der Waals surface area (Å²) in [5, 5.41) is 22.4. The van der Waals surface area contributed by atoms with Crippen LogP contribution in [0.4, 0.5) is 5.69 Å². The molecule has 26 heavy (non-hydrogen) atoms. The molecule has 0 spiro atoms. The van der Waals surface area contributed by atoms with Gasteiger partial charge in [-0.1, -0.05) is 18.2 Å². The van der Waals surface area contributed by atoms with Crippen molar-refractivity contribution in [3.05, 3.63) is 59.7 Å². The molecular weight excluding hydrogens is 354 g/mol. The van der Waals surface area contributed by atoms with E-state index in [1.54, 1.807) is 31.4 Å². The van der Waals surface area contributed by atoms with E-state index in [0.29, 0.717) is 12.1 Å². The molecule has 0 radical (unpaired) electrons. The number of nitrogens with zero attached hydrogens (tertiary/aromatic N) is 1. The average Bonchev–Trinajstić information content (AvgIpc) is 2.59. The average molecular weight is 375 g/mol. The van der Waals surface area contributed by atoms with Crippen LogP contribution in [0.5, 0.6) is 0 Å². The molecule has 0 aromatic heterocycles. The van der Waals surface area contributed by atoms with Crippen LogP contribution in [0.2, 0.25) is 0 Å². The van der Waals surface area contributed by atoms with Crippen LogP contribution in [0, 0.1) is 5.41 Å². The number of nitrogens with one attached hydrogen (secondary N) is 1. The Bertz CT molecular complexity index is 912. The first-order valence-electron chi connectivity index (χ1n) is 7.84. The van der Waals surface area contributed by atoms with Crippen molar-refractivity contribution in [1.29, 1.82) is 5.41 Å². The highest BCUT2D eigenvalue weighted by Crippen LogP contribution is 2.20. The summed E-state index contributed by atoms with van der Waals surface area (Å²) in [6, 6.07) is 5.60. The number of amides is 1. The number of carbonyl (C=O) groups excluding carboxylic acids is 1. The van der Waals surface area contributed by atoms with Gasteiger partial charge in [0.2, 0.25) is 10.0 Å². The minimum atomic E-state index is -3.80. The minimum absolute atomic E-state index is 0.0443. The molecule has 2 rings (SSSR count). The summed E-state index contributed by atoms with van der Waals surface area (Å²) in [6.07, 6.45) is 6.64. The van der Waals surface area contributed by atoms with E-state index >= 15 is 0 Å². The number of anilines is 1. The Morgan fingerprint density at radius 3 is 2.42 bits per heavy atom. The van der Waals surface area contributed by atoms with Gasteiger partial charge in [-0.3, -0.25) is 4.79 Å². The van der Waals surface area contributed by atoms with Gasteiger partial charge in [0.05, 0.1) is 16.6 Å². The van der Waals surface area contributed by atoms with Gasteiger partial charge in [0.15, 0.2) is 0 Å². The summed E-state index contributed by atoms with van der Waals surface area (Å²) < 4.78 is 22.6. The molecule has 1 unspecified atom stereocenters. The van der Waals surface area contributed by atoms with E-state index in [1.807, 2.05) is 0 Å². The highest BCUT2D eigenvalue weighted by Gasteiger charge is 2.19. The van der Waals surface area contributed by atoms with E-state index in [2.05, 4.69) is 0 Å². The van der Waals surface area contributed by atoms with Gasteiger partial charge in [-0.25, -0.2) is 13.6 Å². The Hall–Kier alpha value is -2.55. The molecule has 0 saturated carbocycles. The van der Waals surface area contributed by atoms with Crippen molar-refractivity contribution in [3.8, 4) is 0 Å². The molecule has 1 atom stereocenters. The van der Waals surface area contributed by atoms with Gasteiger partial charge in [-0.05, 0) is 49.3 Å². The van der Waals surface area contributed by atoms with Crippen molar-refractivity contribution in [2.24, 2.45) is 5.14 Å². The van der Waals surface area contributed by atoms with E-state index in [0.717, 1.165) is 5.57 Å². The molecule has 0 heterocycles. The van der Waals surface area contributed by atoms with Gasteiger partial charge in [0.1, 0.15) is 0 Å². The van der Waals surface area contributed by atoms with Gasteiger partial charge in [-0.2, -0.15) is 0 Å². The normalized spacial score (nSPS) is 17.6. The summed E-state index contributed by atoms with van der Waals surface area (Å²) >= 11 is 0. The van der Waals surface area contributed by atoms with Crippen molar-refractivity contribution in [2.75, 3.05) is 11.9 Å². The largest absolute Gasteiger partial charge is 0.389 e. The highest BCUT2D eigenvalue weighted by molar-refractivity contribution is 7.89. The maximum absolute atomic E-state index is 12.8. The van der Waals surface area contributed by atoms with Gasteiger partial charge in [-0.15, -0.1) is 0 Å². The molecular formula is C18H21N3O4S. The fourth-order valence-electron chi connectivity index (χ4n) is 2.39. The third-order valence-corrected chi connectivity index (χ3v) is 4.84. The van der Waals surface area contributed by atoms with Crippen LogP contribution < -0.4 is 10.0 Å². The first kappa shape index (κ1) is 19.8. The van der Waals surface area contributed by atoms with Crippen LogP contribution in [-0.2, 0) is 14.8 Å². The van der Waals surface area contributed by atoms with Crippen LogP contribution in [-0.4, -0.2) is 38.3 Å². The van der Waals surface area contributed by atoms with E-state index in [-0.39, 0.29) is 16.2 Å². The zero-order valence-electron chi connectivity index (χ0n) is 14.5. The summed E-state index contributed by atoms with van der Waals surface area (Å²) in [5.41, 5.74) is 1.51. The fourth-order valence-corrected chi connectivity index (χ4v) is 2.90. The molecule has 0 saturated heterocycles. The second-order valence-corrected chi connectivity index (χ2v) is 7.51. The van der Waals surface area contributed by atoms with Crippen LogP contribution in [0.1, 0.15) is 13.3 Å². The Kier molecular flexibility index (Phi) is 5.91. The predicted octanol–water partition coefficient (Wildman–Crippen LogP) is 1.51. The van der Waals surface area contributed by atoms with Crippen molar-refractivity contribution in [1.82, 2.24) is 0 Å². The second kappa shape index (κ2) is 7.77. The van der Waals surface area contributed by atoms with Crippen molar-refractivity contribution in [2.45, 2.75) is 24.3 Å². The maximum Gasteiger partial charge on any atom is 0.259 e. The molecule has 0 bridgehead atoms. The van der Waals surface area contributed by atoms with Gasteiger partial charge >= 0.3 is 0 Å². The van der Waals surface area contributed by atoms with Crippen LogP contribution in [0.15, 0.2) is 64.6 Å². The number of hydrogen-bond donors (Lipinski definition) is 3. The lowest BCUT2D eigenvalue weighted by molar-refractivity contribution is -0.114. The molecule has 1 aliphatic rings. The first-order chi connectivity index (χ1) is 12.1. The van der Waals surface area contributed by atoms with E-state index in [4.69, 9.17) is 10.5 Å². The summed E-state index contributed by atoms with van der Waals surface area (Å²) in [4.78, 5) is 14.1. The van der Waals surface area contributed by atoms with Crippen molar-refractivity contribution in [3.63, 3.8) is 0 Å². The summed E-state index contributed by atoms with van der Waals surface area (Å²) in [6.45, 7) is 1.52. The number of aliphatic hydroxyl groups is 1. The van der Waals surface area contributed by atoms with E-state index in [9.17, 15) is 18.3 Å². The number of hydrogen-bond acceptors (Lipinski definition) is 5. The molecule has 0 aliphatic heterocycles. The molecule has 0 fully saturated rings. The van der Waals surface area contributed by atoms with Crippen LogP contribution in [0.3, 0.4) is 0 Å². The zero-order chi connectivity index (χ0) is 19.5. The van der Waals surface area contributed by atoms with Gasteiger partial charge in [0.25, 0.3) is 5.91 Å². The molecule has 1 aliphatic carbocycles. The number of aliphatic hydroxyl groups excluding tert-OH is 1. The smallest absolute Gasteiger partial charge is 0.259 e. The van der Waals surface area contributed by atoms with E-state index in [1.165, 1.54) is 36.1 Å². The van der Waals surface area contributed by atoms with E-state index < -0.39 is 22.0 Å². The third-order valence-electron chi connectivity index (χ3n) is 3.91. The fraction of sp³-hybridized carbons (Fsp3) is 0.222. The highest BCUT2D eigenvalue weighted by atomic mass is 32.2. The third kappa shape index (κ3) is 4.75. The number of likely N-dealkylation sites (N-methyl/N-ethyl adjacent to an activating group) is 1. The quantitative estimate of drug-likeness (QED) is 0.533. The zero-order valence-corrected chi connectivity index (χ0v) is 15.3. The number of benzene rings is 1. The number of primary sulfonamides is 1. The first-order valence-corrected chi connectivity index (χ1v) is 9.39. The molecule has 8 heteroatoms. The van der Waals surface area contributed by atoms with Crippen molar-refractivity contribution < 1.29 is 18.3 Å². The number of rotatable bonds is 5. The standard InChI is InChI=1S/C18H21N3O4S/c1-12(19)17(11-13-3-7-15(22)8-4-13)18(23)21(2)14-5-9-16(10-6-14)26(20,24)25/h3-7,9-11,15,19,22H,8H2,1-2H3,(H2,20,24,25)/b17-11+,19-12?. The summed E-state index contributed by atoms with van der Waals surface area (Å²) in [7, 11) is -2.26.